The number of rotatable bonds is 3. The standard InChI is InChI=1S/C9H6Cl2N2O2S/c10-5-1-2-7(6(11)3-5)14-4-8-12-13-9(16)15-8/h1-3,8H,4H2. The molecule has 4 nitrogen and oxygen atoms in total. The van der Waals surface area contributed by atoms with E-state index in [2.05, 4.69) is 22.4 Å². The van der Waals surface area contributed by atoms with Crippen molar-refractivity contribution < 1.29 is 9.47 Å². The largest absolute Gasteiger partial charge is 0.486 e. The molecule has 1 aliphatic heterocycles. The zero-order valence-corrected chi connectivity index (χ0v) is 10.2. The monoisotopic (exact) mass is 276 g/mol. The van der Waals surface area contributed by atoms with Crippen LogP contribution in [0.3, 0.4) is 0 Å². The SMILES string of the molecule is S=C1N=NC(COc2ccc(Cl)cc2Cl)O1. The van der Waals surface area contributed by atoms with Gasteiger partial charge in [0.1, 0.15) is 12.4 Å². The first-order valence-electron chi connectivity index (χ1n) is 4.34. The molecule has 1 heterocycles. The summed E-state index contributed by atoms with van der Waals surface area (Å²) in [5, 5.41) is 8.42. The lowest BCUT2D eigenvalue weighted by Crippen LogP contribution is -2.16. The van der Waals surface area contributed by atoms with Crippen LogP contribution >= 0.6 is 35.4 Å². The zero-order valence-electron chi connectivity index (χ0n) is 7.89. The Hall–Kier alpha value is -0.910. The molecule has 84 valence electrons. The summed E-state index contributed by atoms with van der Waals surface area (Å²) in [4.78, 5) is 0. The van der Waals surface area contributed by atoms with Crippen LogP contribution < -0.4 is 4.74 Å². The fourth-order valence-electron chi connectivity index (χ4n) is 1.10. The normalized spacial score (nSPS) is 18.6. The Kier molecular flexibility index (Phi) is 3.58. The van der Waals surface area contributed by atoms with Crippen LogP contribution in [0.2, 0.25) is 10.0 Å². The van der Waals surface area contributed by atoms with Crippen LogP contribution in [-0.4, -0.2) is 18.0 Å². The van der Waals surface area contributed by atoms with Crippen molar-refractivity contribution in [2.24, 2.45) is 10.2 Å². The van der Waals surface area contributed by atoms with Crippen LogP contribution in [0.5, 0.6) is 5.75 Å². The molecule has 0 spiro atoms. The maximum absolute atomic E-state index is 5.91. The summed E-state index contributed by atoms with van der Waals surface area (Å²) in [5.41, 5.74) is 0. The topological polar surface area (TPSA) is 43.2 Å². The minimum Gasteiger partial charge on any atom is -0.486 e. The number of azo groups is 1. The van der Waals surface area contributed by atoms with Crippen molar-refractivity contribution in [3.8, 4) is 5.75 Å². The Morgan fingerprint density at radius 3 is 2.88 bits per heavy atom. The lowest BCUT2D eigenvalue weighted by Gasteiger charge is -2.10. The summed E-state index contributed by atoms with van der Waals surface area (Å²) in [6, 6.07) is 4.96. The third kappa shape index (κ3) is 2.81. The number of halogens is 2. The van der Waals surface area contributed by atoms with Crippen LogP contribution in [-0.2, 0) is 4.74 Å². The summed E-state index contributed by atoms with van der Waals surface area (Å²) < 4.78 is 10.4. The molecule has 1 aromatic carbocycles. The predicted molar refractivity (Wildman–Crippen MR) is 64.3 cm³/mol. The van der Waals surface area contributed by atoms with E-state index in [0.29, 0.717) is 15.8 Å². The van der Waals surface area contributed by atoms with Gasteiger partial charge in [-0.3, -0.25) is 0 Å². The number of thiocarbonyl (C=S) groups is 1. The molecule has 0 N–H and O–H groups in total. The van der Waals surface area contributed by atoms with Crippen molar-refractivity contribution in [3.63, 3.8) is 0 Å². The van der Waals surface area contributed by atoms with E-state index >= 15 is 0 Å². The number of ether oxygens (including phenoxy) is 2. The second-order valence-electron chi connectivity index (χ2n) is 2.94. The van der Waals surface area contributed by atoms with Gasteiger partial charge in [0, 0.05) is 5.02 Å². The maximum Gasteiger partial charge on any atom is 0.304 e. The fraction of sp³-hybridized carbons (Fsp3) is 0.222. The van der Waals surface area contributed by atoms with Gasteiger partial charge in [-0.25, -0.2) is 0 Å². The lowest BCUT2D eigenvalue weighted by molar-refractivity contribution is 0.140. The third-order valence-corrected chi connectivity index (χ3v) is 2.49. The fourth-order valence-corrected chi connectivity index (χ4v) is 1.72. The van der Waals surface area contributed by atoms with Crippen LogP contribution in [0.1, 0.15) is 0 Å². The van der Waals surface area contributed by atoms with Gasteiger partial charge in [-0.15, -0.1) is 10.2 Å². The molecular formula is C9H6Cl2N2O2S. The molecule has 2 rings (SSSR count). The molecule has 0 bridgehead atoms. The van der Waals surface area contributed by atoms with Crippen LogP contribution in [0.25, 0.3) is 0 Å². The summed E-state index contributed by atoms with van der Waals surface area (Å²) in [6.07, 6.45) is -0.501. The van der Waals surface area contributed by atoms with Crippen molar-refractivity contribution >= 4 is 40.6 Å². The lowest BCUT2D eigenvalue weighted by atomic mass is 10.3. The molecule has 0 saturated heterocycles. The molecule has 0 saturated carbocycles. The highest BCUT2D eigenvalue weighted by molar-refractivity contribution is 7.80. The van der Waals surface area contributed by atoms with E-state index in [-0.39, 0.29) is 11.8 Å². The Morgan fingerprint density at radius 2 is 2.25 bits per heavy atom. The molecule has 0 aromatic heterocycles. The highest BCUT2D eigenvalue weighted by Crippen LogP contribution is 2.27. The molecule has 1 aromatic rings. The second-order valence-corrected chi connectivity index (χ2v) is 4.13. The third-order valence-electron chi connectivity index (χ3n) is 1.78. The van der Waals surface area contributed by atoms with Crippen LogP contribution in [0.4, 0.5) is 0 Å². The smallest absolute Gasteiger partial charge is 0.304 e. The van der Waals surface area contributed by atoms with E-state index in [4.69, 9.17) is 32.7 Å². The molecule has 0 amide bonds. The van der Waals surface area contributed by atoms with Gasteiger partial charge < -0.3 is 9.47 Å². The van der Waals surface area contributed by atoms with E-state index in [0.717, 1.165) is 0 Å². The van der Waals surface area contributed by atoms with Gasteiger partial charge in [-0.2, -0.15) is 0 Å². The quantitative estimate of drug-likeness (QED) is 0.794. The molecular weight excluding hydrogens is 271 g/mol. The highest BCUT2D eigenvalue weighted by atomic mass is 35.5. The molecule has 0 fully saturated rings. The van der Waals surface area contributed by atoms with Crippen molar-refractivity contribution in [1.82, 2.24) is 0 Å². The van der Waals surface area contributed by atoms with Crippen LogP contribution in [0, 0.1) is 0 Å². The Morgan fingerprint density at radius 1 is 1.44 bits per heavy atom. The first kappa shape index (κ1) is 11.6. The van der Waals surface area contributed by atoms with Crippen molar-refractivity contribution in [2.75, 3.05) is 6.61 Å². The predicted octanol–water partition coefficient (Wildman–Crippen LogP) is 3.47. The molecule has 7 heteroatoms. The van der Waals surface area contributed by atoms with Gasteiger partial charge in [-0.05, 0) is 30.4 Å². The van der Waals surface area contributed by atoms with Gasteiger partial charge in [0.05, 0.1) is 5.02 Å². The Labute approximate surface area is 107 Å². The number of benzene rings is 1. The van der Waals surface area contributed by atoms with Gasteiger partial charge in [0.15, 0.2) is 0 Å². The summed E-state index contributed by atoms with van der Waals surface area (Å²) in [6.45, 7) is 0.199. The minimum absolute atomic E-state index is 0.121. The van der Waals surface area contributed by atoms with Crippen LogP contribution in [0.15, 0.2) is 28.4 Å². The van der Waals surface area contributed by atoms with E-state index in [1.165, 1.54) is 0 Å². The molecule has 16 heavy (non-hydrogen) atoms. The summed E-state index contributed by atoms with van der Waals surface area (Å²) in [7, 11) is 0. The van der Waals surface area contributed by atoms with E-state index in [1.54, 1.807) is 18.2 Å². The van der Waals surface area contributed by atoms with E-state index in [1.807, 2.05) is 0 Å². The van der Waals surface area contributed by atoms with Gasteiger partial charge >= 0.3 is 5.17 Å². The molecule has 1 unspecified atom stereocenters. The Balaban J connectivity index is 1.95. The number of nitrogens with zero attached hydrogens (tertiary/aromatic N) is 2. The average molecular weight is 277 g/mol. The molecule has 1 aliphatic rings. The second kappa shape index (κ2) is 4.95. The zero-order chi connectivity index (χ0) is 11.5. The minimum atomic E-state index is -0.501. The van der Waals surface area contributed by atoms with E-state index < -0.39 is 6.23 Å². The highest BCUT2D eigenvalue weighted by Gasteiger charge is 2.18. The maximum atomic E-state index is 5.91. The summed E-state index contributed by atoms with van der Waals surface area (Å²) in [5.74, 6) is 0.516. The Bertz CT molecular complexity index is 453. The van der Waals surface area contributed by atoms with Crippen molar-refractivity contribution in [1.29, 1.82) is 0 Å². The van der Waals surface area contributed by atoms with Gasteiger partial charge in [0.25, 0.3) is 0 Å². The summed E-state index contributed by atoms with van der Waals surface area (Å²) >= 11 is 16.3. The first-order valence-corrected chi connectivity index (χ1v) is 5.51. The van der Waals surface area contributed by atoms with Gasteiger partial charge in [0.2, 0.25) is 6.23 Å². The molecule has 0 radical (unpaired) electrons. The van der Waals surface area contributed by atoms with Crippen molar-refractivity contribution in [3.05, 3.63) is 28.2 Å². The van der Waals surface area contributed by atoms with Crippen molar-refractivity contribution in [2.45, 2.75) is 6.23 Å². The molecule has 1 atom stereocenters. The van der Waals surface area contributed by atoms with Gasteiger partial charge in [-0.1, -0.05) is 23.2 Å². The average Bonchev–Trinajstić information content (AvgIpc) is 2.63. The molecule has 0 aliphatic carbocycles. The number of hydrogen-bond donors (Lipinski definition) is 0. The first-order chi connectivity index (χ1) is 7.65. The van der Waals surface area contributed by atoms with E-state index in [9.17, 15) is 0 Å². The number of hydrogen-bond acceptors (Lipinski definition) is 4.